The molecule has 0 saturated heterocycles. The molecule has 0 aliphatic heterocycles. The van der Waals surface area contributed by atoms with E-state index >= 15 is 0 Å². The van der Waals surface area contributed by atoms with Crippen molar-refractivity contribution in [2.75, 3.05) is 20.0 Å². The van der Waals surface area contributed by atoms with Gasteiger partial charge in [-0.05, 0) is 48.0 Å². The van der Waals surface area contributed by atoms with Gasteiger partial charge in [0, 0.05) is 15.7 Å². The summed E-state index contributed by atoms with van der Waals surface area (Å²) in [7, 11) is 3.14. The van der Waals surface area contributed by atoms with Gasteiger partial charge in [0.25, 0.3) is 5.91 Å². The highest BCUT2D eigenvalue weighted by Gasteiger charge is 2.17. The van der Waals surface area contributed by atoms with Crippen LogP contribution in [0.1, 0.15) is 5.56 Å². The van der Waals surface area contributed by atoms with Crippen LogP contribution in [0.2, 0.25) is 0 Å². The molecule has 0 saturated carbocycles. The van der Waals surface area contributed by atoms with Gasteiger partial charge in [0.1, 0.15) is 0 Å². The van der Waals surface area contributed by atoms with Crippen LogP contribution < -0.4 is 14.9 Å². The first-order chi connectivity index (χ1) is 17.1. The maximum Gasteiger partial charge on any atom is 0.250 e. The smallest absolute Gasteiger partial charge is 0.250 e. The SMILES string of the molecule is COc1ccc(C=NNC(=O)CSc2nnc(-c3ccc(Br)cc3)n2-c2ccccc2)cc1OC. The first kappa shape index (κ1) is 24.5. The second kappa shape index (κ2) is 11.7. The van der Waals surface area contributed by atoms with Gasteiger partial charge < -0.3 is 9.47 Å². The third kappa shape index (κ3) is 6.09. The molecule has 0 unspecified atom stereocenters. The Morgan fingerprint density at radius 2 is 1.77 bits per heavy atom. The topological polar surface area (TPSA) is 90.6 Å². The lowest BCUT2D eigenvalue weighted by molar-refractivity contribution is -0.118. The van der Waals surface area contributed by atoms with E-state index in [-0.39, 0.29) is 11.7 Å². The molecule has 35 heavy (non-hydrogen) atoms. The molecular formula is C25H22BrN5O3S. The number of carbonyl (C=O) groups excluding carboxylic acids is 1. The molecular weight excluding hydrogens is 530 g/mol. The minimum Gasteiger partial charge on any atom is -0.493 e. The zero-order valence-electron chi connectivity index (χ0n) is 19.0. The van der Waals surface area contributed by atoms with Crippen LogP contribution in [0.4, 0.5) is 0 Å². The number of ether oxygens (including phenoxy) is 2. The van der Waals surface area contributed by atoms with Gasteiger partial charge in [0.15, 0.2) is 22.5 Å². The van der Waals surface area contributed by atoms with Crippen LogP contribution >= 0.6 is 27.7 Å². The number of nitrogens with zero attached hydrogens (tertiary/aromatic N) is 4. The molecule has 0 radical (unpaired) electrons. The number of aromatic nitrogens is 3. The average molecular weight is 552 g/mol. The van der Waals surface area contributed by atoms with E-state index < -0.39 is 0 Å². The summed E-state index contributed by atoms with van der Waals surface area (Å²) in [4.78, 5) is 12.4. The van der Waals surface area contributed by atoms with Gasteiger partial charge in [-0.25, -0.2) is 5.43 Å². The van der Waals surface area contributed by atoms with E-state index in [4.69, 9.17) is 9.47 Å². The van der Waals surface area contributed by atoms with E-state index in [9.17, 15) is 4.79 Å². The summed E-state index contributed by atoms with van der Waals surface area (Å²) in [6.07, 6.45) is 1.54. The molecule has 1 amide bonds. The third-order valence-electron chi connectivity index (χ3n) is 4.89. The van der Waals surface area contributed by atoms with Crippen LogP contribution in [0.3, 0.4) is 0 Å². The van der Waals surface area contributed by atoms with Crippen LogP contribution in [-0.2, 0) is 4.79 Å². The van der Waals surface area contributed by atoms with E-state index in [1.165, 1.54) is 11.8 Å². The highest BCUT2D eigenvalue weighted by Crippen LogP contribution is 2.29. The van der Waals surface area contributed by atoms with Gasteiger partial charge in [0.2, 0.25) is 0 Å². The van der Waals surface area contributed by atoms with E-state index in [0.717, 1.165) is 21.3 Å². The van der Waals surface area contributed by atoms with Crippen LogP contribution in [0.5, 0.6) is 11.5 Å². The Bertz CT molecular complexity index is 1330. The van der Waals surface area contributed by atoms with Gasteiger partial charge >= 0.3 is 0 Å². The molecule has 0 aliphatic rings. The zero-order chi connectivity index (χ0) is 24.6. The molecule has 0 atom stereocenters. The van der Waals surface area contributed by atoms with Crippen molar-refractivity contribution < 1.29 is 14.3 Å². The van der Waals surface area contributed by atoms with Crippen molar-refractivity contribution in [3.8, 4) is 28.6 Å². The zero-order valence-corrected chi connectivity index (χ0v) is 21.4. The van der Waals surface area contributed by atoms with Crippen molar-refractivity contribution in [1.82, 2.24) is 20.2 Å². The molecule has 0 fully saturated rings. The summed E-state index contributed by atoms with van der Waals surface area (Å²) in [5.41, 5.74) is 5.13. The van der Waals surface area contributed by atoms with E-state index in [0.29, 0.717) is 22.5 Å². The van der Waals surface area contributed by atoms with Crippen molar-refractivity contribution in [2.45, 2.75) is 5.16 Å². The summed E-state index contributed by atoms with van der Waals surface area (Å²) in [6.45, 7) is 0. The fraction of sp³-hybridized carbons (Fsp3) is 0.120. The molecule has 0 aliphatic carbocycles. The standard InChI is InChI=1S/C25H22BrN5O3S/c1-33-21-13-8-17(14-22(21)34-2)15-27-28-23(32)16-35-25-30-29-24(18-9-11-19(26)12-10-18)31(25)20-6-4-3-5-7-20/h3-15H,16H2,1-2H3,(H,28,32). The average Bonchev–Trinajstić information content (AvgIpc) is 3.32. The lowest BCUT2D eigenvalue weighted by Gasteiger charge is -2.10. The Morgan fingerprint density at radius 1 is 1.03 bits per heavy atom. The maximum atomic E-state index is 12.4. The molecule has 3 aromatic carbocycles. The van der Waals surface area contributed by atoms with Crippen LogP contribution in [0, 0.1) is 0 Å². The number of rotatable bonds is 9. The summed E-state index contributed by atoms with van der Waals surface area (Å²) >= 11 is 4.75. The van der Waals surface area contributed by atoms with Gasteiger partial charge in [-0.3, -0.25) is 9.36 Å². The van der Waals surface area contributed by atoms with Gasteiger partial charge in [-0.2, -0.15) is 5.10 Å². The number of para-hydroxylation sites is 1. The van der Waals surface area contributed by atoms with Crippen molar-refractivity contribution >= 4 is 39.8 Å². The summed E-state index contributed by atoms with van der Waals surface area (Å²) < 4.78 is 13.4. The number of hydrogen-bond donors (Lipinski definition) is 1. The molecule has 4 aromatic rings. The van der Waals surface area contributed by atoms with Crippen molar-refractivity contribution in [3.63, 3.8) is 0 Å². The highest BCUT2D eigenvalue weighted by molar-refractivity contribution is 9.10. The van der Waals surface area contributed by atoms with Gasteiger partial charge in [-0.15, -0.1) is 10.2 Å². The maximum absolute atomic E-state index is 12.4. The summed E-state index contributed by atoms with van der Waals surface area (Å²) in [6, 6.07) is 23.0. The first-order valence-corrected chi connectivity index (χ1v) is 12.3. The number of methoxy groups -OCH3 is 2. The fourth-order valence-electron chi connectivity index (χ4n) is 3.23. The minimum atomic E-state index is -0.264. The van der Waals surface area contributed by atoms with Crippen LogP contribution in [-0.4, -0.2) is 46.9 Å². The third-order valence-corrected chi connectivity index (χ3v) is 6.35. The molecule has 1 heterocycles. The number of benzene rings is 3. The summed E-state index contributed by atoms with van der Waals surface area (Å²) in [5.74, 6) is 1.75. The van der Waals surface area contributed by atoms with Crippen LogP contribution in [0.15, 0.2) is 87.5 Å². The van der Waals surface area contributed by atoms with Crippen molar-refractivity contribution in [1.29, 1.82) is 0 Å². The van der Waals surface area contributed by atoms with E-state index in [1.807, 2.05) is 65.2 Å². The second-order valence-electron chi connectivity index (χ2n) is 7.18. The second-order valence-corrected chi connectivity index (χ2v) is 9.04. The highest BCUT2D eigenvalue weighted by atomic mass is 79.9. The normalized spacial score (nSPS) is 10.9. The fourth-order valence-corrected chi connectivity index (χ4v) is 4.24. The Balaban J connectivity index is 1.46. The Labute approximate surface area is 215 Å². The van der Waals surface area contributed by atoms with Gasteiger partial charge in [0.05, 0.1) is 26.2 Å². The van der Waals surface area contributed by atoms with Gasteiger partial charge in [-0.1, -0.05) is 58.0 Å². The Morgan fingerprint density at radius 3 is 2.49 bits per heavy atom. The molecule has 178 valence electrons. The van der Waals surface area contributed by atoms with Crippen molar-refractivity contribution in [3.05, 3.63) is 82.8 Å². The minimum absolute atomic E-state index is 0.120. The molecule has 8 nitrogen and oxygen atoms in total. The molecule has 0 spiro atoms. The molecule has 10 heteroatoms. The number of nitrogens with one attached hydrogen (secondary N) is 1. The number of carbonyl (C=O) groups is 1. The number of amides is 1. The van der Waals surface area contributed by atoms with E-state index in [2.05, 4.69) is 36.7 Å². The monoisotopic (exact) mass is 551 g/mol. The quantitative estimate of drug-likeness (QED) is 0.180. The Kier molecular flexibility index (Phi) is 8.17. The Hall–Kier alpha value is -3.63. The molecule has 4 rings (SSSR count). The number of hydrazone groups is 1. The molecule has 1 aromatic heterocycles. The predicted molar refractivity (Wildman–Crippen MR) is 141 cm³/mol. The number of halogens is 1. The predicted octanol–water partition coefficient (Wildman–Crippen LogP) is 4.96. The largest absolute Gasteiger partial charge is 0.493 e. The van der Waals surface area contributed by atoms with Crippen LogP contribution in [0.25, 0.3) is 17.1 Å². The number of thioether (sulfide) groups is 1. The summed E-state index contributed by atoms with van der Waals surface area (Å²) in [5, 5.41) is 13.4. The molecule has 1 N–H and O–H groups in total. The molecule has 0 bridgehead atoms. The first-order valence-electron chi connectivity index (χ1n) is 10.5. The lowest BCUT2D eigenvalue weighted by atomic mass is 10.2. The van der Waals surface area contributed by atoms with E-state index in [1.54, 1.807) is 32.6 Å². The number of hydrogen-bond acceptors (Lipinski definition) is 7. The van der Waals surface area contributed by atoms with Crippen molar-refractivity contribution in [2.24, 2.45) is 5.10 Å². The lowest BCUT2D eigenvalue weighted by Crippen LogP contribution is -2.20.